The fourth-order valence-electron chi connectivity index (χ4n) is 2.48. The van der Waals surface area contributed by atoms with Crippen molar-refractivity contribution in [2.24, 2.45) is 0 Å². The van der Waals surface area contributed by atoms with Crippen molar-refractivity contribution < 1.29 is 9.32 Å². The highest BCUT2D eigenvalue weighted by molar-refractivity contribution is 5.89. The minimum absolute atomic E-state index is 0.109. The van der Waals surface area contributed by atoms with E-state index >= 15 is 0 Å². The first kappa shape index (κ1) is 13.5. The summed E-state index contributed by atoms with van der Waals surface area (Å²) < 4.78 is 5.22. The number of amides is 2. The Kier molecular flexibility index (Phi) is 3.81. The third kappa shape index (κ3) is 3.18. The molecule has 0 bridgehead atoms. The van der Waals surface area contributed by atoms with E-state index in [-0.39, 0.29) is 11.9 Å². The number of piperidine rings is 1. The van der Waals surface area contributed by atoms with Crippen LogP contribution in [0.15, 0.2) is 29.0 Å². The molecule has 2 aromatic heterocycles. The summed E-state index contributed by atoms with van der Waals surface area (Å²) in [5.74, 6) is 1.36. The Bertz CT molecular complexity index is 613. The fourth-order valence-corrected chi connectivity index (χ4v) is 2.48. The fraction of sp³-hybridized carbons (Fsp3) is 0.429. The maximum atomic E-state index is 12.3. The second kappa shape index (κ2) is 5.90. The molecule has 7 heteroatoms. The lowest BCUT2D eigenvalue weighted by molar-refractivity contribution is 0.184. The minimum atomic E-state index is -0.109. The molecule has 1 saturated heterocycles. The SMILES string of the molecule is Cc1noc(C2CCCN(C(=O)Nc3ccncc3)C2)n1. The first-order chi connectivity index (χ1) is 10.2. The van der Waals surface area contributed by atoms with Crippen LogP contribution in [0.5, 0.6) is 0 Å². The van der Waals surface area contributed by atoms with E-state index in [2.05, 4.69) is 20.4 Å². The molecule has 2 aromatic rings. The molecule has 0 aromatic carbocycles. The lowest BCUT2D eigenvalue weighted by Gasteiger charge is -2.31. The van der Waals surface area contributed by atoms with Gasteiger partial charge in [-0.15, -0.1) is 0 Å². The van der Waals surface area contributed by atoms with Crippen LogP contribution in [0.3, 0.4) is 0 Å². The van der Waals surface area contributed by atoms with Gasteiger partial charge in [-0.25, -0.2) is 4.79 Å². The number of hydrogen-bond donors (Lipinski definition) is 1. The first-order valence-electron chi connectivity index (χ1n) is 6.98. The second-order valence-corrected chi connectivity index (χ2v) is 5.13. The number of nitrogens with zero attached hydrogens (tertiary/aromatic N) is 4. The van der Waals surface area contributed by atoms with E-state index in [1.54, 1.807) is 36.4 Å². The van der Waals surface area contributed by atoms with Crippen molar-refractivity contribution in [1.82, 2.24) is 20.0 Å². The molecule has 1 atom stereocenters. The predicted molar refractivity (Wildman–Crippen MR) is 75.8 cm³/mol. The van der Waals surface area contributed by atoms with Gasteiger partial charge in [-0.2, -0.15) is 4.98 Å². The molecule has 1 unspecified atom stereocenters. The average molecular weight is 287 g/mol. The van der Waals surface area contributed by atoms with Gasteiger partial charge < -0.3 is 14.7 Å². The summed E-state index contributed by atoms with van der Waals surface area (Å²) in [5.41, 5.74) is 0.741. The van der Waals surface area contributed by atoms with Crippen LogP contribution in [0.2, 0.25) is 0 Å². The van der Waals surface area contributed by atoms with Gasteiger partial charge in [0.25, 0.3) is 0 Å². The Morgan fingerprint density at radius 1 is 1.43 bits per heavy atom. The molecule has 1 aliphatic heterocycles. The molecule has 1 fully saturated rings. The monoisotopic (exact) mass is 287 g/mol. The third-order valence-corrected chi connectivity index (χ3v) is 3.53. The molecule has 21 heavy (non-hydrogen) atoms. The average Bonchev–Trinajstić information content (AvgIpc) is 2.95. The van der Waals surface area contributed by atoms with Crippen LogP contribution in [-0.4, -0.2) is 39.1 Å². The number of hydrogen-bond acceptors (Lipinski definition) is 5. The molecule has 0 radical (unpaired) electrons. The second-order valence-electron chi connectivity index (χ2n) is 5.13. The number of anilines is 1. The first-order valence-corrected chi connectivity index (χ1v) is 6.98. The summed E-state index contributed by atoms with van der Waals surface area (Å²) >= 11 is 0. The quantitative estimate of drug-likeness (QED) is 0.915. The molecular formula is C14H17N5O2. The maximum absolute atomic E-state index is 12.3. The maximum Gasteiger partial charge on any atom is 0.321 e. The highest BCUT2D eigenvalue weighted by Crippen LogP contribution is 2.26. The molecule has 110 valence electrons. The van der Waals surface area contributed by atoms with E-state index in [1.807, 2.05) is 0 Å². The molecule has 7 nitrogen and oxygen atoms in total. The Balaban J connectivity index is 1.64. The lowest BCUT2D eigenvalue weighted by atomic mass is 9.98. The van der Waals surface area contributed by atoms with Crippen molar-refractivity contribution >= 4 is 11.7 Å². The van der Waals surface area contributed by atoms with Gasteiger partial charge in [0.05, 0.1) is 5.92 Å². The number of nitrogens with one attached hydrogen (secondary N) is 1. The molecule has 1 aliphatic rings. The smallest absolute Gasteiger partial charge is 0.321 e. The number of urea groups is 1. The lowest BCUT2D eigenvalue weighted by Crippen LogP contribution is -2.41. The Hall–Kier alpha value is -2.44. The highest BCUT2D eigenvalue weighted by atomic mass is 16.5. The summed E-state index contributed by atoms with van der Waals surface area (Å²) in [6.45, 7) is 3.13. The number of rotatable bonds is 2. The van der Waals surface area contributed by atoms with Gasteiger partial charge in [-0.05, 0) is 31.9 Å². The van der Waals surface area contributed by atoms with Gasteiger partial charge in [0.1, 0.15) is 0 Å². The molecule has 0 saturated carbocycles. The number of carbonyl (C=O) groups is 1. The molecule has 3 rings (SSSR count). The van der Waals surface area contributed by atoms with Gasteiger partial charge in [-0.3, -0.25) is 4.98 Å². The van der Waals surface area contributed by atoms with Crippen molar-refractivity contribution in [3.05, 3.63) is 36.2 Å². The van der Waals surface area contributed by atoms with Crippen LogP contribution in [0, 0.1) is 6.92 Å². The van der Waals surface area contributed by atoms with Crippen LogP contribution in [-0.2, 0) is 0 Å². The predicted octanol–water partition coefficient (Wildman–Crippen LogP) is 2.18. The summed E-state index contributed by atoms with van der Waals surface area (Å²) in [7, 11) is 0. The van der Waals surface area contributed by atoms with Crippen LogP contribution in [0.1, 0.15) is 30.5 Å². The van der Waals surface area contributed by atoms with Crippen LogP contribution in [0.4, 0.5) is 10.5 Å². The largest absolute Gasteiger partial charge is 0.339 e. The molecule has 3 heterocycles. The van der Waals surface area contributed by atoms with Crippen molar-refractivity contribution in [3.63, 3.8) is 0 Å². The van der Waals surface area contributed by atoms with E-state index in [9.17, 15) is 4.79 Å². The molecular weight excluding hydrogens is 270 g/mol. The van der Waals surface area contributed by atoms with Gasteiger partial charge in [0, 0.05) is 31.2 Å². The number of likely N-dealkylation sites (tertiary alicyclic amines) is 1. The number of aromatic nitrogens is 3. The van der Waals surface area contributed by atoms with Crippen molar-refractivity contribution in [3.8, 4) is 0 Å². The molecule has 2 amide bonds. The number of aryl methyl sites for hydroxylation is 1. The number of carbonyl (C=O) groups excluding carboxylic acids is 1. The van der Waals surface area contributed by atoms with Crippen molar-refractivity contribution in [2.45, 2.75) is 25.7 Å². The van der Waals surface area contributed by atoms with Crippen molar-refractivity contribution in [2.75, 3.05) is 18.4 Å². The van der Waals surface area contributed by atoms with Crippen molar-refractivity contribution in [1.29, 1.82) is 0 Å². The summed E-state index contributed by atoms with van der Waals surface area (Å²) in [4.78, 5) is 22.3. The summed E-state index contributed by atoms with van der Waals surface area (Å²) in [5, 5.41) is 6.69. The Labute approximate surface area is 122 Å². The highest BCUT2D eigenvalue weighted by Gasteiger charge is 2.28. The van der Waals surface area contributed by atoms with Gasteiger partial charge in [0.2, 0.25) is 5.89 Å². The zero-order valence-electron chi connectivity index (χ0n) is 11.8. The van der Waals surface area contributed by atoms with E-state index in [0.29, 0.717) is 18.3 Å². The van der Waals surface area contributed by atoms with E-state index in [1.165, 1.54) is 0 Å². The zero-order chi connectivity index (χ0) is 14.7. The Morgan fingerprint density at radius 3 is 2.95 bits per heavy atom. The van der Waals surface area contributed by atoms with Crippen LogP contribution in [0.25, 0.3) is 0 Å². The van der Waals surface area contributed by atoms with E-state index in [4.69, 9.17) is 4.52 Å². The van der Waals surface area contributed by atoms with Crippen LogP contribution < -0.4 is 5.32 Å². The Morgan fingerprint density at radius 2 is 2.24 bits per heavy atom. The summed E-state index contributed by atoms with van der Waals surface area (Å²) in [6.07, 6.45) is 5.18. The topological polar surface area (TPSA) is 84.2 Å². The van der Waals surface area contributed by atoms with Gasteiger partial charge in [0.15, 0.2) is 5.82 Å². The van der Waals surface area contributed by atoms with E-state index < -0.39 is 0 Å². The van der Waals surface area contributed by atoms with Gasteiger partial charge >= 0.3 is 6.03 Å². The van der Waals surface area contributed by atoms with Gasteiger partial charge in [-0.1, -0.05) is 5.16 Å². The normalized spacial score (nSPS) is 18.5. The molecule has 0 spiro atoms. The van der Waals surface area contributed by atoms with E-state index in [0.717, 1.165) is 25.1 Å². The zero-order valence-corrected chi connectivity index (χ0v) is 11.8. The molecule has 0 aliphatic carbocycles. The summed E-state index contributed by atoms with van der Waals surface area (Å²) in [6, 6.07) is 3.42. The van der Waals surface area contributed by atoms with Crippen LogP contribution >= 0.6 is 0 Å². The molecule has 1 N–H and O–H groups in total. The standard InChI is InChI=1S/C14H17N5O2/c1-10-16-13(21-18-10)11-3-2-8-19(9-11)14(20)17-12-4-6-15-7-5-12/h4-7,11H,2-3,8-9H2,1H3,(H,15,17,20). The third-order valence-electron chi connectivity index (χ3n) is 3.53. The number of pyridine rings is 1. The minimum Gasteiger partial charge on any atom is -0.339 e.